The first kappa shape index (κ1) is 29.1. The SMILES string of the molecule is C=CC(=O)N1CCN(C2NC(OCC3CCCN3C)NC3C[C@@]4(CCC32)Cc2ccccc2C(F)S4)CC1CC#N. The molecule has 0 bridgehead atoms. The number of thioether (sulfide) groups is 1. The summed E-state index contributed by atoms with van der Waals surface area (Å²) in [5.41, 5.74) is 0.974. The van der Waals surface area contributed by atoms with E-state index in [9.17, 15) is 10.1 Å². The molecule has 10 heteroatoms. The number of carbonyl (C=O) groups excluding carboxylic acids is 1. The first-order chi connectivity index (χ1) is 19.9. The molecule has 1 amide bonds. The zero-order chi connectivity index (χ0) is 28.6. The molecule has 222 valence electrons. The molecule has 5 aliphatic rings. The van der Waals surface area contributed by atoms with Gasteiger partial charge in [-0.25, -0.2) is 4.39 Å². The normalized spacial score (nSPS) is 37.8. The molecule has 4 heterocycles. The highest BCUT2D eigenvalue weighted by Crippen LogP contribution is 2.55. The highest BCUT2D eigenvalue weighted by atomic mass is 32.2. The molecule has 1 spiro atoms. The number of alkyl halides is 1. The number of rotatable bonds is 6. The van der Waals surface area contributed by atoms with E-state index in [0.29, 0.717) is 38.1 Å². The third-order valence-corrected chi connectivity index (χ3v) is 11.6. The van der Waals surface area contributed by atoms with Crippen LogP contribution in [0.4, 0.5) is 4.39 Å². The van der Waals surface area contributed by atoms with Crippen LogP contribution in [0.3, 0.4) is 0 Å². The topological polar surface area (TPSA) is 83.9 Å². The van der Waals surface area contributed by atoms with Crippen molar-refractivity contribution < 1.29 is 13.9 Å². The van der Waals surface area contributed by atoms with Gasteiger partial charge in [0.05, 0.1) is 31.3 Å². The molecule has 0 radical (unpaired) electrons. The average molecular weight is 583 g/mol. The van der Waals surface area contributed by atoms with Gasteiger partial charge in [-0.15, -0.1) is 11.8 Å². The second-order valence-electron chi connectivity index (χ2n) is 12.5. The molecule has 41 heavy (non-hydrogen) atoms. The van der Waals surface area contributed by atoms with Crippen LogP contribution in [0.1, 0.15) is 55.2 Å². The van der Waals surface area contributed by atoms with Gasteiger partial charge < -0.3 is 14.5 Å². The van der Waals surface area contributed by atoms with Crippen molar-refractivity contribution in [3.05, 3.63) is 48.0 Å². The lowest BCUT2D eigenvalue weighted by molar-refractivity contribution is -0.135. The highest BCUT2D eigenvalue weighted by molar-refractivity contribution is 8.00. The molecule has 1 aromatic rings. The van der Waals surface area contributed by atoms with Crippen molar-refractivity contribution in [2.24, 2.45) is 5.92 Å². The number of amides is 1. The van der Waals surface area contributed by atoms with Crippen molar-refractivity contribution in [2.75, 3.05) is 39.8 Å². The molecule has 1 aromatic carbocycles. The van der Waals surface area contributed by atoms with E-state index in [1.807, 2.05) is 18.2 Å². The number of nitrogens with zero attached hydrogens (tertiary/aromatic N) is 4. The number of carbonyl (C=O) groups is 1. The van der Waals surface area contributed by atoms with Crippen LogP contribution in [-0.2, 0) is 16.0 Å². The van der Waals surface area contributed by atoms with Gasteiger partial charge in [-0.1, -0.05) is 30.8 Å². The number of halogens is 1. The van der Waals surface area contributed by atoms with Crippen molar-refractivity contribution in [3.8, 4) is 6.07 Å². The van der Waals surface area contributed by atoms with Crippen LogP contribution in [0.2, 0.25) is 0 Å². The zero-order valence-electron chi connectivity index (χ0n) is 24.0. The first-order valence-electron chi connectivity index (χ1n) is 15.2. The lowest BCUT2D eigenvalue weighted by Gasteiger charge is -2.56. The molecular formula is C31H43FN6O2S. The molecule has 4 fully saturated rings. The summed E-state index contributed by atoms with van der Waals surface area (Å²) in [6.07, 6.45) is 7.43. The molecule has 4 aliphatic heterocycles. The molecule has 7 unspecified atom stereocenters. The van der Waals surface area contributed by atoms with Gasteiger partial charge in [0, 0.05) is 42.4 Å². The minimum atomic E-state index is -0.999. The Morgan fingerprint density at radius 2 is 2.12 bits per heavy atom. The number of hydrogen-bond acceptors (Lipinski definition) is 8. The third kappa shape index (κ3) is 5.95. The summed E-state index contributed by atoms with van der Waals surface area (Å²) in [5, 5.41) is 17.1. The van der Waals surface area contributed by atoms with Crippen LogP contribution in [0, 0.1) is 17.2 Å². The number of piperazine rings is 1. The van der Waals surface area contributed by atoms with E-state index in [2.05, 4.69) is 46.2 Å². The van der Waals surface area contributed by atoms with Crippen molar-refractivity contribution in [2.45, 2.75) is 85.8 Å². The number of hydrogen-bond donors (Lipinski definition) is 2. The van der Waals surface area contributed by atoms with Crippen molar-refractivity contribution >= 4 is 17.7 Å². The molecule has 3 saturated heterocycles. The summed E-state index contributed by atoms with van der Waals surface area (Å²) in [6, 6.07) is 10.7. The predicted molar refractivity (Wildman–Crippen MR) is 158 cm³/mol. The maximum absolute atomic E-state index is 15.5. The Kier molecular flexibility index (Phi) is 8.74. The summed E-state index contributed by atoms with van der Waals surface area (Å²) in [5.74, 6) is 0.202. The van der Waals surface area contributed by atoms with Crippen LogP contribution < -0.4 is 10.6 Å². The van der Waals surface area contributed by atoms with E-state index >= 15 is 4.39 Å². The van der Waals surface area contributed by atoms with Gasteiger partial charge in [-0.2, -0.15) is 5.26 Å². The largest absolute Gasteiger partial charge is 0.348 e. The minimum Gasteiger partial charge on any atom is -0.348 e. The fraction of sp³-hybridized carbons (Fsp3) is 0.677. The van der Waals surface area contributed by atoms with Gasteiger partial charge in [0.15, 0.2) is 11.9 Å². The lowest BCUT2D eigenvalue weighted by atomic mass is 9.72. The van der Waals surface area contributed by atoms with Crippen LogP contribution in [0.5, 0.6) is 0 Å². The van der Waals surface area contributed by atoms with Gasteiger partial charge in [0.25, 0.3) is 0 Å². The van der Waals surface area contributed by atoms with Gasteiger partial charge in [0.1, 0.15) is 0 Å². The molecule has 8 nitrogen and oxygen atoms in total. The quantitative estimate of drug-likeness (QED) is 0.494. The van der Waals surface area contributed by atoms with Crippen molar-refractivity contribution in [1.29, 1.82) is 5.26 Å². The maximum atomic E-state index is 15.5. The number of likely N-dealkylation sites (N-methyl/N-ethyl adjacent to an activating group) is 1. The van der Waals surface area contributed by atoms with E-state index in [1.165, 1.54) is 24.3 Å². The zero-order valence-corrected chi connectivity index (χ0v) is 24.8. The van der Waals surface area contributed by atoms with Crippen LogP contribution in [0.25, 0.3) is 0 Å². The average Bonchev–Trinajstić information content (AvgIpc) is 3.39. The molecular weight excluding hydrogens is 539 g/mol. The second kappa shape index (κ2) is 12.3. The summed E-state index contributed by atoms with van der Waals surface area (Å²) in [6.45, 7) is 7.35. The van der Waals surface area contributed by atoms with E-state index in [1.54, 1.807) is 4.90 Å². The van der Waals surface area contributed by atoms with Gasteiger partial charge in [0.2, 0.25) is 5.91 Å². The van der Waals surface area contributed by atoms with E-state index in [4.69, 9.17) is 4.74 Å². The summed E-state index contributed by atoms with van der Waals surface area (Å²) >= 11 is 1.52. The third-order valence-electron chi connectivity index (χ3n) is 10.1. The monoisotopic (exact) mass is 582 g/mol. The summed E-state index contributed by atoms with van der Waals surface area (Å²) < 4.78 is 21.8. The van der Waals surface area contributed by atoms with Gasteiger partial charge >= 0.3 is 0 Å². The number of fused-ring (bicyclic) bond motifs is 2. The van der Waals surface area contributed by atoms with Crippen LogP contribution in [-0.4, -0.2) is 95.8 Å². The Balaban J connectivity index is 1.22. The van der Waals surface area contributed by atoms with Gasteiger partial charge in [-0.05, 0) is 69.3 Å². The molecule has 0 aromatic heterocycles. The predicted octanol–water partition coefficient (Wildman–Crippen LogP) is 3.38. The number of nitrogens with one attached hydrogen (secondary N) is 2. The van der Waals surface area contributed by atoms with E-state index < -0.39 is 5.50 Å². The number of likely N-dealkylation sites (tertiary alicyclic amines) is 1. The molecule has 8 atom stereocenters. The summed E-state index contributed by atoms with van der Waals surface area (Å²) in [4.78, 5) is 19.1. The number of nitriles is 1. The van der Waals surface area contributed by atoms with E-state index in [-0.39, 0.29) is 35.3 Å². The molecule has 2 N–H and O–H groups in total. The smallest absolute Gasteiger partial charge is 0.246 e. The number of ether oxygens (including phenoxy) is 1. The Morgan fingerprint density at radius 3 is 2.90 bits per heavy atom. The fourth-order valence-electron chi connectivity index (χ4n) is 7.91. The Labute approximate surface area is 247 Å². The summed E-state index contributed by atoms with van der Waals surface area (Å²) in [7, 11) is 2.16. The van der Waals surface area contributed by atoms with Crippen molar-refractivity contribution in [1.82, 2.24) is 25.3 Å². The highest BCUT2D eigenvalue weighted by Gasteiger charge is 2.51. The van der Waals surface area contributed by atoms with Crippen LogP contribution in [0.15, 0.2) is 36.9 Å². The van der Waals surface area contributed by atoms with Crippen molar-refractivity contribution in [3.63, 3.8) is 0 Å². The molecule has 6 rings (SSSR count). The number of benzene rings is 1. The standard InChI is InChI=1S/C31H43FN6O2S/c1-3-27(39)38-16-15-37(19-22(38)11-13-33)29-25-10-12-31(17-21-7-4-5-9-24(21)28(32)41-31)18-26(25)34-30(35-29)40-20-23-8-6-14-36(23)2/h3-5,7,9,22-23,25-26,28-30,34-35H,1,6,8,10-12,14-20H2,2H3/t22?,23?,25?,26?,28?,29?,30?,31-/m1/s1. The molecule has 1 saturated carbocycles. The van der Waals surface area contributed by atoms with Crippen LogP contribution >= 0.6 is 11.8 Å². The maximum Gasteiger partial charge on any atom is 0.246 e. The Bertz CT molecular complexity index is 1170. The second-order valence-corrected chi connectivity index (χ2v) is 14.0. The Hall–Kier alpha value is -2.00. The lowest BCUT2D eigenvalue weighted by Crippen LogP contribution is -2.73. The van der Waals surface area contributed by atoms with E-state index in [0.717, 1.165) is 56.3 Å². The Morgan fingerprint density at radius 1 is 1.27 bits per heavy atom. The fourth-order valence-corrected chi connectivity index (χ4v) is 9.46. The van der Waals surface area contributed by atoms with Gasteiger partial charge in [-0.3, -0.25) is 20.3 Å². The first-order valence-corrected chi connectivity index (χ1v) is 16.1. The minimum absolute atomic E-state index is 0.0501. The molecule has 1 aliphatic carbocycles.